The van der Waals surface area contributed by atoms with Crippen LogP contribution in [0.1, 0.15) is 23.4 Å². The van der Waals surface area contributed by atoms with Gasteiger partial charge in [0.15, 0.2) is 5.13 Å². The molecular weight excluding hydrogens is 338 g/mol. The number of carbonyl (C=O) groups is 1. The van der Waals surface area contributed by atoms with Crippen LogP contribution in [-0.2, 0) is 12.8 Å². The molecule has 2 N–H and O–H groups in total. The van der Waals surface area contributed by atoms with Gasteiger partial charge in [-0.25, -0.2) is 9.78 Å². The molecule has 3 rings (SSSR count). The van der Waals surface area contributed by atoms with Crippen LogP contribution in [0.2, 0.25) is 0 Å². The van der Waals surface area contributed by atoms with E-state index in [2.05, 4.69) is 31.5 Å². The monoisotopic (exact) mass is 351 g/mol. The highest BCUT2D eigenvalue weighted by Gasteiger charge is 2.16. The highest BCUT2D eigenvalue weighted by atomic mass is 79.9. The Morgan fingerprint density at radius 1 is 1.20 bits per heavy atom. The van der Waals surface area contributed by atoms with Gasteiger partial charge >= 0.3 is 6.03 Å². The number of benzene rings is 1. The number of anilines is 2. The zero-order valence-electron chi connectivity index (χ0n) is 10.8. The van der Waals surface area contributed by atoms with Gasteiger partial charge in [-0.15, -0.1) is 11.3 Å². The van der Waals surface area contributed by atoms with Crippen molar-refractivity contribution >= 4 is 44.1 Å². The molecule has 0 saturated heterocycles. The first-order chi connectivity index (χ1) is 9.72. The van der Waals surface area contributed by atoms with Crippen molar-refractivity contribution in [1.29, 1.82) is 0 Å². The Balaban J connectivity index is 1.67. The van der Waals surface area contributed by atoms with Crippen LogP contribution in [0.25, 0.3) is 0 Å². The van der Waals surface area contributed by atoms with Crippen molar-refractivity contribution in [2.75, 3.05) is 10.6 Å². The molecule has 0 fully saturated rings. The van der Waals surface area contributed by atoms with E-state index >= 15 is 0 Å². The van der Waals surface area contributed by atoms with Crippen molar-refractivity contribution in [2.24, 2.45) is 0 Å². The topological polar surface area (TPSA) is 54.0 Å². The van der Waals surface area contributed by atoms with Crippen molar-refractivity contribution in [3.05, 3.63) is 39.3 Å². The summed E-state index contributed by atoms with van der Waals surface area (Å²) in [6.45, 7) is 0. The average Bonchev–Trinajstić information content (AvgIpc) is 2.83. The van der Waals surface area contributed by atoms with Gasteiger partial charge in [-0.2, -0.15) is 0 Å². The van der Waals surface area contributed by atoms with E-state index in [0.717, 1.165) is 28.7 Å². The number of nitrogens with zero attached hydrogens (tertiary/aromatic N) is 1. The molecule has 1 aliphatic carbocycles. The molecule has 6 heteroatoms. The molecule has 1 aromatic heterocycles. The number of urea groups is 1. The number of carbonyl (C=O) groups excluding carboxylic acids is 1. The molecule has 20 heavy (non-hydrogen) atoms. The summed E-state index contributed by atoms with van der Waals surface area (Å²) in [5.74, 6) is 0. The van der Waals surface area contributed by atoms with E-state index < -0.39 is 0 Å². The van der Waals surface area contributed by atoms with Crippen LogP contribution < -0.4 is 10.6 Å². The molecular formula is C14H14BrN3OS. The van der Waals surface area contributed by atoms with Crippen molar-refractivity contribution in [3.63, 3.8) is 0 Å². The maximum absolute atomic E-state index is 12.0. The fourth-order valence-corrected chi connectivity index (χ4v) is 3.65. The molecule has 0 spiro atoms. The second-order valence-electron chi connectivity index (χ2n) is 4.65. The molecule has 1 heterocycles. The van der Waals surface area contributed by atoms with Crippen LogP contribution >= 0.6 is 27.3 Å². The number of thiazole rings is 1. The summed E-state index contributed by atoms with van der Waals surface area (Å²) in [4.78, 5) is 17.8. The molecule has 0 bridgehead atoms. The third-order valence-electron chi connectivity index (χ3n) is 3.19. The van der Waals surface area contributed by atoms with Crippen LogP contribution in [0.3, 0.4) is 0 Å². The van der Waals surface area contributed by atoms with E-state index in [1.807, 2.05) is 24.3 Å². The number of rotatable bonds is 2. The minimum atomic E-state index is -0.261. The standard InChI is InChI=1S/C14H14BrN3OS/c15-9-5-1-2-6-10(9)16-13(19)18-14-17-11-7-3-4-8-12(11)20-14/h1-2,5-6H,3-4,7-8H2,(H2,16,17,18,19). The number of halogens is 1. The molecule has 1 aliphatic rings. The lowest BCUT2D eigenvalue weighted by atomic mass is 10.0. The molecule has 0 atom stereocenters. The first-order valence-electron chi connectivity index (χ1n) is 6.53. The average molecular weight is 352 g/mol. The van der Waals surface area contributed by atoms with E-state index in [1.54, 1.807) is 11.3 Å². The number of hydrogen-bond donors (Lipinski definition) is 2. The van der Waals surface area contributed by atoms with Gasteiger partial charge in [-0.1, -0.05) is 12.1 Å². The fraction of sp³-hybridized carbons (Fsp3) is 0.286. The van der Waals surface area contributed by atoms with Crippen molar-refractivity contribution in [3.8, 4) is 0 Å². The summed E-state index contributed by atoms with van der Waals surface area (Å²) in [7, 11) is 0. The molecule has 0 unspecified atom stereocenters. The summed E-state index contributed by atoms with van der Waals surface area (Å²) >= 11 is 4.98. The molecule has 4 nitrogen and oxygen atoms in total. The summed E-state index contributed by atoms with van der Waals surface area (Å²) < 4.78 is 0.855. The van der Waals surface area contributed by atoms with Gasteiger partial charge in [-0.3, -0.25) is 5.32 Å². The first kappa shape index (κ1) is 13.6. The number of nitrogens with one attached hydrogen (secondary N) is 2. The lowest BCUT2D eigenvalue weighted by Gasteiger charge is -2.06. The van der Waals surface area contributed by atoms with Gasteiger partial charge in [0.05, 0.1) is 11.4 Å². The minimum Gasteiger partial charge on any atom is -0.307 e. The molecule has 0 saturated carbocycles. The Kier molecular flexibility index (Phi) is 4.03. The minimum absolute atomic E-state index is 0.261. The van der Waals surface area contributed by atoms with Gasteiger partial charge in [0.1, 0.15) is 0 Å². The van der Waals surface area contributed by atoms with E-state index in [1.165, 1.54) is 17.7 Å². The predicted molar refractivity (Wildman–Crippen MR) is 85.5 cm³/mol. The van der Waals surface area contributed by atoms with Crippen LogP contribution in [0.15, 0.2) is 28.7 Å². The normalized spacial score (nSPS) is 13.7. The van der Waals surface area contributed by atoms with Gasteiger partial charge in [0.2, 0.25) is 0 Å². The highest BCUT2D eigenvalue weighted by molar-refractivity contribution is 9.10. The smallest absolute Gasteiger partial charge is 0.307 e. The Morgan fingerprint density at radius 2 is 2.00 bits per heavy atom. The number of aromatic nitrogens is 1. The van der Waals surface area contributed by atoms with Crippen molar-refractivity contribution in [2.45, 2.75) is 25.7 Å². The summed E-state index contributed by atoms with van der Waals surface area (Å²) in [5.41, 5.74) is 1.89. The van der Waals surface area contributed by atoms with Crippen LogP contribution in [0, 0.1) is 0 Å². The lowest BCUT2D eigenvalue weighted by molar-refractivity contribution is 0.262. The van der Waals surface area contributed by atoms with Crippen LogP contribution in [0.4, 0.5) is 15.6 Å². The second-order valence-corrected chi connectivity index (χ2v) is 6.59. The summed E-state index contributed by atoms with van der Waals surface area (Å²) in [6, 6.07) is 7.25. The number of fused-ring (bicyclic) bond motifs is 1. The maximum Gasteiger partial charge on any atom is 0.325 e. The molecule has 2 aromatic rings. The van der Waals surface area contributed by atoms with Gasteiger partial charge in [0, 0.05) is 9.35 Å². The van der Waals surface area contributed by atoms with Crippen LogP contribution in [-0.4, -0.2) is 11.0 Å². The van der Waals surface area contributed by atoms with E-state index in [4.69, 9.17) is 0 Å². The Morgan fingerprint density at radius 3 is 2.80 bits per heavy atom. The molecule has 0 aliphatic heterocycles. The zero-order chi connectivity index (χ0) is 13.9. The summed E-state index contributed by atoms with van der Waals surface area (Å²) in [6.07, 6.45) is 4.52. The molecule has 104 valence electrons. The SMILES string of the molecule is O=C(Nc1nc2c(s1)CCCC2)Nc1ccccc1Br. The van der Waals surface area contributed by atoms with Crippen molar-refractivity contribution < 1.29 is 4.79 Å². The van der Waals surface area contributed by atoms with Crippen LogP contribution in [0.5, 0.6) is 0 Å². The number of aryl methyl sites for hydroxylation is 2. The van der Waals surface area contributed by atoms with Gasteiger partial charge in [0.25, 0.3) is 0 Å². The van der Waals surface area contributed by atoms with Gasteiger partial charge < -0.3 is 5.32 Å². The molecule has 2 amide bonds. The summed E-state index contributed by atoms with van der Waals surface area (Å²) in [5, 5.41) is 6.30. The fourth-order valence-electron chi connectivity index (χ4n) is 2.22. The number of para-hydroxylation sites is 1. The third kappa shape index (κ3) is 3.02. The van der Waals surface area contributed by atoms with E-state index in [-0.39, 0.29) is 6.03 Å². The predicted octanol–water partition coefficient (Wildman–Crippen LogP) is 4.43. The highest BCUT2D eigenvalue weighted by Crippen LogP contribution is 2.29. The lowest BCUT2D eigenvalue weighted by Crippen LogP contribution is -2.19. The quantitative estimate of drug-likeness (QED) is 0.840. The van der Waals surface area contributed by atoms with E-state index in [0.29, 0.717) is 5.13 Å². The van der Waals surface area contributed by atoms with Gasteiger partial charge in [-0.05, 0) is 53.7 Å². The Bertz CT molecular complexity index is 618. The maximum atomic E-state index is 12.0. The molecule has 0 radical (unpaired) electrons. The number of amides is 2. The first-order valence-corrected chi connectivity index (χ1v) is 8.14. The number of hydrogen-bond acceptors (Lipinski definition) is 3. The van der Waals surface area contributed by atoms with E-state index in [9.17, 15) is 4.79 Å². The van der Waals surface area contributed by atoms with Crippen molar-refractivity contribution in [1.82, 2.24) is 4.98 Å². The Hall–Kier alpha value is -1.40. The largest absolute Gasteiger partial charge is 0.325 e. The third-order valence-corrected chi connectivity index (χ3v) is 4.95. The molecule has 1 aromatic carbocycles. The zero-order valence-corrected chi connectivity index (χ0v) is 13.2. The Labute approximate surface area is 129 Å². The second kappa shape index (κ2) is 5.93.